The van der Waals surface area contributed by atoms with Crippen LogP contribution in [0.4, 0.5) is 0 Å². The molecule has 0 aromatic heterocycles. The maximum absolute atomic E-state index is 6.00. The van der Waals surface area contributed by atoms with Gasteiger partial charge in [0.15, 0.2) is 0 Å². The molecule has 4 rings (SSSR count). The van der Waals surface area contributed by atoms with Gasteiger partial charge in [-0.25, -0.2) is 0 Å². The van der Waals surface area contributed by atoms with Gasteiger partial charge >= 0.3 is 0 Å². The lowest BCUT2D eigenvalue weighted by Gasteiger charge is -2.36. The quantitative estimate of drug-likeness (QED) is 0.859. The van der Waals surface area contributed by atoms with Crippen molar-refractivity contribution < 1.29 is 0 Å². The molecule has 1 fully saturated rings. The number of nitrogens with zero attached hydrogens (tertiary/aromatic N) is 1. The molecule has 128 valence electrons. The molecule has 1 aliphatic heterocycles. The van der Waals surface area contributed by atoms with E-state index < -0.39 is 0 Å². The number of hydrogen-bond acceptors (Lipinski definition) is 2. The zero-order valence-corrected chi connectivity index (χ0v) is 14.9. The molecule has 0 atom stereocenters. The smallest absolute Gasteiger partial charge is 0.0411 e. The summed E-state index contributed by atoms with van der Waals surface area (Å²) in [6.07, 6.45) is 16.7. The number of hydrogen-bond donors (Lipinski definition) is 1. The van der Waals surface area contributed by atoms with E-state index in [-0.39, 0.29) is 11.5 Å². The minimum absolute atomic E-state index is 0.0326. The lowest BCUT2D eigenvalue weighted by atomic mass is 9.74. The Labute approximate surface area is 146 Å². The Morgan fingerprint density at radius 3 is 2.42 bits per heavy atom. The van der Waals surface area contributed by atoms with Gasteiger partial charge < -0.3 is 5.73 Å². The highest BCUT2D eigenvalue weighted by Gasteiger charge is 2.29. The predicted molar refractivity (Wildman–Crippen MR) is 101 cm³/mol. The molecule has 1 aromatic rings. The number of fused-ring (bicyclic) bond motifs is 1. The van der Waals surface area contributed by atoms with Crippen LogP contribution in [0.3, 0.4) is 0 Å². The van der Waals surface area contributed by atoms with Gasteiger partial charge in [0.05, 0.1) is 0 Å². The minimum atomic E-state index is 0.0326. The molecule has 1 heterocycles. The van der Waals surface area contributed by atoms with Gasteiger partial charge in [-0.15, -0.1) is 0 Å². The van der Waals surface area contributed by atoms with Gasteiger partial charge in [0.2, 0.25) is 0 Å². The second kappa shape index (κ2) is 6.50. The Bertz CT molecular complexity index is 640. The van der Waals surface area contributed by atoms with Crippen molar-refractivity contribution in [3.05, 3.63) is 59.2 Å². The second-order valence-electron chi connectivity index (χ2n) is 7.79. The molecule has 1 saturated carbocycles. The van der Waals surface area contributed by atoms with Crippen molar-refractivity contribution in [2.24, 2.45) is 5.73 Å². The van der Waals surface area contributed by atoms with Crippen molar-refractivity contribution in [3.8, 4) is 0 Å². The summed E-state index contributed by atoms with van der Waals surface area (Å²) in [5.41, 5.74) is 10.6. The van der Waals surface area contributed by atoms with Crippen molar-refractivity contribution in [1.29, 1.82) is 0 Å². The first kappa shape index (κ1) is 16.1. The van der Waals surface area contributed by atoms with E-state index >= 15 is 0 Å². The highest BCUT2D eigenvalue weighted by atomic mass is 15.2. The zero-order chi connectivity index (χ0) is 16.6. The van der Waals surface area contributed by atoms with E-state index in [1.807, 2.05) is 0 Å². The van der Waals surface area contributed by atoms with Crippen molar-refractivity contribution >= 4 is 0 Å². The van der Waals surface area contributed by atoms with Gasteiger partial charge in [0.25, 0.3) is 0 Å². The molecule has 2 nitrogen and oxygen atoms in total. The Morgan fingerprint density at radius 1 is 1.08 bits per heavy atom. The van der Waals surface area contributed by atoms with Crippen LogP contribution in [0.15, 0.2) is 42.5 Å². The molecule has 0 radical (unpaired) electrons. The normalized spacial score (nSPS) is 30.7. The van der Waals surface area contributed by atoms with Crippen molar-refractivity contribution in [2.45, 2.75) is 62.9 Å². The minimum Gasteiger partial charge on any atom is -0.321 e. The van der Waals surface area contributed by atoms with Crippen LogP contribution in [-0.2, 0) is 18.3 Å². The fourth-order valence-corrected chi connectivity index (χ4v) is 4.47. The standard InChI is InChI=1S/C22H30N2/c1-2-22(12-8-20(23)9-13-22)19-7-6-17-10-14-24(21-4-3-5-21)15-11-18(17)16-19/h6-9,12-13,16,20-21H,2-5,10-11,14-15,23H2,1H3. The van der Waals surface area contributed by atoms with E-state index in [0.717, 1.165) is 12.5 Å². The van der Waals surface area contributed by atoms with E-state index in [4.69, 9.17) is 5.73 Å². The molecule has 0 amide bonds. The molecule has 2 heteroatoms. The molecular weight excluding hydrogens is 292 g/mol. The fraction of sp³-hybridized carbons (Fsp3) is 0.545. The number of rotatable bonds is 3. The van der Waals surface area contributed by atoms with Crippen molar-refractivity contribution in [3.63, 3.8) is 0 Å². The van der Waals surface area contributed by atoms with Crippen LogP contribution in [-0.4, -0.2) is 30.1 Å². The summed E-state index contributed by atoms with van der Waals surface area (Å²) in [7, 11) is 0. The summed E-state index contributed by atoms with van der Waals surface area (Å²) >= 11 is 0. The Hall–Kier alpha value is -1.38. The van der Waals surface area contributed by atoms with Crippen LogP contribution in [0.1, 0.15) is 49.3 Å². The van der Waals surface area contributed by atoms with Gasteiger partial charge in [-0.2, -0.15) is 0 Å². The second-order valence-corrected chi connectivity index (χ2v) is 7.79. The lowest BCUT2D eigenvalue weighted by molar-refractivity contribution is 0.133. The summed E-state index contributed by atoms with van der Waals surface area (Å²) in [6, 6.07) is 8.16. The molecule has 0 bridgehead atoms. The van der Waals surface area contributed by atoms with Gasteiger partial charge in [-0.1, -0.05) is 55.8 Å². The maximum atomic E-state index is 6.00. The Balaban J connectivity index is 1.59. The largest absolute Gasteiger partial charge is 0.321 e. The van der Waals surface area contributed by atoms with Gasteiger partial charge in [0, 0.05) is 30.6 Å². The van der Waals surface area contributed by atoms with E-state index in [9.17, 15) is 0 Å². The molecule has 3 aliphatic rings. The highest BCUT2D eigenvalue weighted by molar-refractivity contribution is 5.45. The third-order valence-electron chi connectivity index (χ3n) is 6.49. The summed E-state index contributed by atoms with van der Waals surface area (Å²) in [5, 5.41) is 0. The summed E-state index contributed by atoms with van der Waals surface area (Å²) < 4.78 is 0. The van der Waals surface area contributed by atoms with E-state index in [0.29, 0.717) is 0 Å². The molecule has 2 N–H and O–H groups in total. The summed E-state index contributed by atoms with van der Waals surface area (Å²) in [4.78, 5) is 2.73. The molecule has 0 unspecified atom stereocenters. The average molecular weight is 322 g/mol. The molecule has 0 saturated heterocycles. The summed E-state index contributed by atoms with van der Waals surface area (Å²) in [5.74, 6) is 0. The first-order valence-corrected chi connectivity index (χ1v) is 9.71. The predicted octanol–water partition coefficient (Wildman–Crippen LogP) is 3.74. The van der Waals surface area contributed by atoms with Crippen LogP contribution in [0.5, 0.6) is 0 Å². The third kappa shape index (κ3) is 2.87. The van der Waals surface area contributed by atoms with Crippen LogP contribution in [0.2, 0.25) is 0 Å². The number of nitrogens with two attached hydrogens (primary N) is 1. The number of allylic oxidation sites excluding steroid dienone is 2. The van der Waals surface area contributed by atoms with E-state index in [2.05, 4.69) is 54.3 Å². The van der Waals surface area contributed by atoms with Crippen molar-refractivity contribution in [1.82, 2.24) is 4.90 Å². The number of benzene rings is 1. The summed E-state index contributed by atoms with van der Waals surface area (Å²) in [6.45, 7) is 4.75. The van der Waals surface area contributed by atoms with Crippen molar-refractivity contribution in [2.75, 3.05) is 13.1 Å². The molecule has 24 heavy (non-hydrogen) atoms. The van der Waals surface area contributed by atoms with Crippen LogP contribution in [0.25, 0.3) is 0 Å². The Kier molecular flexibility index (Phi) is 4.36. The lowest BCUT2D eigenvalue weighted by Crippen LogP contribution is -2.41. The third-order valence-corrected chi connectivity index (χ3v) is 6.49. The average Bonchev–Trinajstić information content (AvgIpc) is 2.77. The van der Waals surface area contributed by atoms with Gasteiger partial charge in [0.1, 0.15) is 0 Å². The van der Waals surface area contributed by atoms with Gasteiger partial charge in [-0.05, 0) is 48.8 Å². The zero-order valence-electron chi connectivity index (χ0n) is 14.9. The highest BCUT2D eigenvalue weighted by Crippen LogP contribution is 2.36. The van der Waals surface area contributed by atoms with E-state index in [1.165, 1.54) is 50.8 Å². The Morgan fingerprint density at radius 2 is 1.79 bits per heavy atom. The fourth-order valence-electron chi connectivity index (χ4n) is 4.47. The molecular formula is C22H30N2. The van der Waals surface area contributed by atoms with Crippen LogP contribution < -0.4 is 5.73 Å². The van der Waals surface area contributed by atoms with E-state index in [1.54, 1.807) is 11.1 Å². The molecule has 2 aliphatic carbocycles. The first-order chi connectivity index (χ1) is 11.7. The molecule has 1 aromatic carbocycles. The monoisotopic (exact) mass is 322 g/mol. The topological polar surface area (TPSA) is 29.3 Å². The SMILES string of the molecule is CCC1(c2ccc3c(c2)CCN(C2CCC2)CC3)C=CC(N)C=C1. The van der Waals surface area contributed by atoms with Gasteiger partial charge in [-0.3, -0.25) is 4.90 Å². The first-order valence-electron chi connectivity index (χ1n) is 9.71. The maximum Gasteiger partial charge on any atom is 0.0411 e. The molecule has 0 spiro atoms. The van der Waals surface area contributed by atoms with Crippen LogP contribution >= 0.6 is 0 Å². The van der Waals surface area contributed by atoms with Crippen LogP contribution in [0, 0.1) is 0 Å².